The average molecular weight is 383 g/mol. The van der Waals surface area contributed by atoms with Crippen molar-refractivity contribution in [2.24, 2.45) is 0 Å². The first kappa shape index (κ1) is 16.1. The average Bonchev–Trinajstić information content (AvgIpc) is 3.21. The molecule has 2 aliphatic rings. The molecule has 27 heavy (non-hydrogen) atoms. The topological polar surface area (TPSA) is 62.3 Å². The minimum Gasteiger partial charge on any atom is -0.301 e. The van der Waals surface area contributed by atoms with E-state index in [1.807, 2.05) is 0 Å². The minimum atomic E-state index is -1.19. The van der Waals surface area contributed by atoms with E-state index in [2.05, 4.69) is 10.3 Å². The van der Waals surface area contributed by atoms with Crippen molar-refractivity contribution in [1.82, 2.24) is 4.98 Å². The van der Waals surface area contributed by atoms with Crippen molar-refractivity contribution < 1.29 is 18.4 Å². The van der Waals surface area contributed by atoms with Crippen LogP contribution in [0.2, 0.25) is 0 Å². The highest BCUT2D eigenvalue weighted by Crippen LogP contribution is 2.49. The number of carbonyl (C=O) groups excluding carboxylic acids is 2. The van der Waals surface area contributed by atoms with Gasteiger partial charge in [0.25, 0.3) is 0 Å². The van der Waals surface area contributed by atoms with E-state index in [0.29, 0.717) is 33.2 Å². The summed E-state index contributed by atoms with van der Waals surface area (Å²) in [6, 6.07) is 6.66. The molecule has 0 bridgehead atoms. The fourth-order valence-electron chi connectivity index (χ4n) is 3.75. The predicted octanol–water partition coefficient (Wildman–Crippen LogP) is 3.73. The lowest BCUT2D eigenvalue weighted by molar-refractivity contribution is -0.126. The zero-order chi connectivity index (χ0) is 18.7. The first-order chi connectivity index (χ1) is 13.0. The van der Waals surface area contributed by atoms with Crippen molar-refractivity contribution in [2.45, 2.75) is 12.3 Å². The number of nitrogens with zero attached hydrogens (tertiary/aromatic N) is 2. The van der Waals surface area contributed by atoms with Crippen LogP contribution in [0.25, 0.3) is 0 Å². The van der Waals surface area contributed by atoms with Crippen LogP contribution in [0.4, 0.5) is 25.3 Å². The standard InChI is InChI=1S/C19H11F2N3O2S/c20-11-1-2-14-9(6-11)5-10-7-12(21)8-13-15(18(26)24(14)16(10)13)17(25)23-19-22-3-4-27-19/h1-4,6-8,15H,5H2,(H,22,23,25). The molecule has 0 saturated carbocycles. The first-order valence-corrected chi connectivity index (χ1v) is 9.06. The van der Waals surface area contributed by atoms with E-state index in [-0.39, 0.29) is 6.42 Å². The third-order valence-corrected chi connectivity index (χ3v) is 5.46. The molecule has 2 aliphatic heterocycles. The zero-order valence-electron chi connectivity index (χ0n) is 13.7. The molecule has 3 heterocycles. The van der Waals surface area contributed by atoms with Crippen molar-refractivity contribution in [2.75, 3.05) is 10.2 Å². The molecular formula is C19H11F2N3O2S. The molecule has 0 saturated heterocycles. The molecule has 0 fully saturated rings. The summed E-state index contributed by atoms with van der Waals surface area (Å²) >= 11 is 1.22. The SMILES string of the molecule is O=C(Nc1nccs1)C1C(=O)N2c3ccc(F)cc3Cc3cc(F)cc1c32. The molecule has 5 rings (SSSR count). The molecule has 1 atom stereocenters. The summed E-state index contributed by atoms with van der Waals surface area (Å²) in [5.74, 6) is -3.21. The molecule has 3 aromatic rings. The van der Waals surface area contributed by atoms with Crippen molar-refractivity contribution in [3.05, 3.63) is 70.2 Å². The molecule has 0 spiro atoms. The second-order valence-corrected chi connectivity index (χ2v) is 7.28. The highest BCUT2D eigenvalue weighted by Gasteiger charge is 2.46. The highest BCUT2D eigenvalue weighted by molar-refractivity contribution is 7.13. The summed E-state index contributed by atoms with van der Waals surface area (Å²) < 4.78 is 27.9. The van der Waals surface area contributed by atoms with Gasteiger partial charge in [0.1, 0.15) is 17.6 Å². The Morgan fingerprint density at radius 1 is 1.19 bits per heavy atom. The number of benzene rings is 2. The van der Waals surface area contributed by atoms with Crippen LogP contribution in [0.15, 0.2) is 41.9 Å². The van der Waals surface area contributed by atoms with Crippen LogP contribution < -0.4 is 10.2 Å². The number of hydrogen-bond donors (Lipinski definition) is 1. The number of carbonyl (C=O) groups is 2. The Kier molecular flexibility index (Phi) is 3.38. The molecule has 134 valence electrons. The molecule has 0 radical (unpaired) electrons. The Morgan fingerprint density at radius 2 is 2.00 bits per heavy atom. The van der Waals surface area contributed by atoms with Crippen LogP contribution >= 0.6 is 11.3 Å². The largest absolute Gasteiger partial charge is 0.301 e. The first-order valence-electron chi connectivity index (χ1n) is 8.18. The molecule has 1 unspecified atom stereocenters. The summed E-state index contributed by atoms with van der Waals surface area (Å²) in [6.07, 6.45) is 1.82. The number of nitrogens with one attached hydrogen (secondary N) is 1. The van der Waals surface area contributed by atoms with E-state index in [0.717, 1.165) is 0 Å². The minimum absolute atomic E-state index is 0.289. The second kappa shape index (κ2) is 5.68. The Balaban J connectivity index is 1.65. The summed E-state index contributed by atoms with van der Waals surface area (Å²) in [5.41, 5.74) is 2.49. The van der Waals surface area contributed by atoms with Crippen LogP contribution in [0.3, 0.4) is 0 Å². The van der Waals surface area contributed by atoms with Crippen molar-refractivity contribution >= 4 is 39.7 Å². The van der Waals surface area contributed by atoms with Gasteiger partial charge in [-0.2, -0.15) is 0 Å². The van der Waals surface area contributed by atoms with Gasteiger partial charge in [-0.05, 0) is 41.5 Å². The molecule has 8 heteroatoms. The quantitative estimate of drug-likeness (QED) is 0.686. The Hall–Kier alpha value is -3.13. The normalized spacial score (nSPS) is 16.9. The fraction of sp³-hybridized carbons (Fsp3) is 0.105. The molecule has 5 nitrogen and oxygen atoms in total. The van der Waals surface area contributed by atoms with Gasteiger partial charge in [0.05, 0.1) is 11.4 Å². The van der Waals surface area contributed by atoms with E-state index in [1.165, 1.54) is 52.8 Å². The van der Waals surface area contributed by atoms with Crippen molar-refractivity contribution in [3.63, 3.8) is 0 Å². The van der Waals surface area contributed by atoms with Gasteiger partial charge >= 0.3 is 0 Å². The third kappa shape index (κ3) is 2.37. The van der Waals surface area contributed by atoms with E-state index >= 15 is 0 Å². The van der Waals surface area contributed by atoms with Gasteiger partial charge in [-0.3, -0.25) is 14.5 Å². The van der Waals surface area contributed by atoms with Gasteiger partial charge in [0.2, 0.25) is 11.8 Å². The lowest BCUT2D eigenvalue weighted by atomic mass is 9.93. The lowest BCUT2D eigenvalue weighted by Crippen LogP contribution is -2.32. The zero-order valence-corrected chi connectivity index (χ0v) is 14.5. The van der Waals surface area contributed by atoms with E-state index in [1.54, 1.807) is 5.38 Å². The van der Waals surface area contributed by atoms with Gasteiger partial charge in [-0.15, -0.1) is 11.3 Å². The van der Waals surface area contributed by atoms with Gasteiger partial charge in [-0.25, -0.2) is 13.8 Å². The van der Waals surface area contributed by atoms with Gasteiger partial charge in [-0.1, -0.05) is 0 Å². The number of fused-ring (bicyclic) bond motifs is 2. The molecule has 1 aromatic heterocycles. The Labute approximate surface area is 156 Å². The number of halogens is 2. The maximum Gasteiger partial charge on any atom is 0.248 e. The fourth-order valence-corrected chi connectivity index (χ4v) is 4.28. The number of rotatable bonds is 2. The van der Waals surface area contributed by atoms with Crippen LogP contribution in [0.5, 0.6) is 0 Å². The number of aromatic nitrogens is 1. The summed E-state index contributed by atoms with van der Waals surface area (Å²) in [4.78, 5) is 31.3. The Bertz CT molecular complexity index is 1110. The van der Waals surface area contributed by atoms with Crippen molar-refractivity contribution in [3.8, 4) is 0 Å². The molecular weight excluding hydrogens is 372 g/mol. The van der Waals surface area contributed by atoms with Gasteiger partial charge in [0.15, 0.2) is 5.13 Å². The highest BCUT2D eigenvalue weighted by atomic mass is 32.1. The molecule has 2 aromatic carbocycles. The molecule has 2 amide bonds. The van der Waals surface area contributed by atoms with Crippen LogP contribution in [0, 0.1) is 11.6 Å². The number of hydrogen-bond acceptors (Lipinski definition) is 4. The monoisotopic (exact) mass is 383 g/mol. The van der Waals surface area contributed by atoms with E-state index < -0.39 is 29.4 Å². The number of anilines is 3. The Morgan fingerprint density at radius 3 is 2.78 bits per heavy atom. The van der Waals surface area contributed by atoms with Crippen LogP contribution in [-0.4, -0.2) is 16.8 Å². The molecule has 0 aliphatic carbocycles. The summed E-state index contributed by atoms with van der Waals surface area (Å²) in [5, 5.41) is 4.67. The third-order valence-electron chi connectivity index (χ3n) is 4.77. The summed E-state index contributed by atoms with van der Waals surface area (Å²) in [6.45, 7) is 0. The van der Waals surface area contributed by atoms with Crippen molar-refractivity contribution in [1.29, 1.82) is 0 Å². The van der Waals surface area contributed by atoms with Gasteiger partial charge < -0.3 is 5.32 Å². The lowest BCUT2D eigenvalue weighted by Gasteiger charge is -2.28. The maximum atomic E-state index is 14.2. The number of amides is 2. The summed E-state index contributed by atoms with van der Waals surface area (Å²) in [7, 11) is 0. The predicted molar refractivity (Wildman–Crippen MR) is 96.2 cm³/mol. The number of thiazole rings is 1. The van der Waals surface area contributed by atoms with E-state index in [4.69, 9.17) is 0 Å². The van der Waals surface area contributed by atoms with Crippen LogP contribution in [-0.2, 0) is 16.0 Å². The van der Waals surface area contributed by atoms with Gasteiger partial charge in [0, 0.05) is 23.6 Å². The smallest absolute Gasteiger partial charge is 0.248 e. The maximum absolute atomic E-state index is 14.2. The van der Waals surface area contributed by atoms with Crippen LogP contribution in [0.1, 0.15) is 22.6 Å². The van der Waals surface area contributed by atoms with E-state index in [9.17, 15) is 18.4 Å². The second-order valence-electron chi connectivity index (χ2n) is 6.39. The molecule has 1 N–H and O–H groups in total.